The third-order valence-corrected chi connectivity index (χ3v) is 4.77. The van der Waals surface area contributed by atoms with Gasteiger partial charge in [0.05, 0.1) is 17.4 Å². The number of aryl methyl sites for hydroxylation is 1. The fraction of sp³-hybridized carbons (Fsp3) is 0.368. The van der Waals surface area contributed by atoms with Crippen molar-refractivity contribution in [2.75, 3.05) is 5.32 Å². The lowest BCUT2D eigenvalue weighted by molar-refractivity contribution is -0.116. The molecule has 3 aromatic rings. The zero-order valence-corrected chi connectivity index (χ0v) is 17.7. The van der Waals surface area contributed by atoms with Gasteiger partial charge in [-0.3, -0.25) is 14.2 Å². The summed E-state index contributed by atoms with van der Waals surface area (Å²) in [5, 5.41) is 7.22. The second-order valence-electron chi connectivity index (χ2n) is 7.50. The molecule has 0 saturated heterocycles. The molecule has 28 heavy (non-hydrogen) atoms. The number of amides is 1. The van der Waals surface area contributed by atoms with E-state index in [0.29, 0.717) is 21.3 Å². The Bertz CT molecular complexity index is 1110. The largest absolute Gasteiger partial charge is 0.324 e. The van der Waals surface area contributed by atoms with Crippen LogP contribution in [0, 0.1) is 12.7 Å². The molecule has 7 nitrogen and oxygen atoms in total. The van der Waals surface area contributed by atoms with Crippen molar-refractivity contribution in [3.8, 4) is 0 Å². The van der Waals surface area contributed by atoms with Gasteiger partial charge in [0.25, 0.3) is 5.56 Å². The van der Waals surface area contributed by atoms with Crippen molar-refractivity contribution in [2.45, 2.75) is 46.2 Å². The van der Waals surface area contributed by atoms with Gasteiger partial charge in [0.15, 0.2) is 5.65 Å². The number of rotatable bonds is 4. The van der Waals surface area contributed by atoms with E-state index >= 15 is 0 Å². The highest BCUT2D eigenvalue weighted by atomic mass is 79.9. The molecule has 0 aliphatic carbocycles. The van der Waals surface area contributed by atoms with Crippen LogP contribution in [-0.4, -0.2) is 25.2 Å². The number of anilines is 1. The highest BCUT2D eigenvalue weighted by molar-refractivity contribution is 9.10. The van der Waals surface area contributed by atoms with Crippen LogP contribution in [0.25, 0.3) is 11.0 Å². The minimum Gasteiger partial charge on any atom is -0.324 e. The lowest BCUT2D eigenvalue weighted by atomic mass is 10.1. The maximum atomic E-state index is 13.9. The minimum atomic E-state index is -0.534. The van der Waals surface area contributed by atoms with Crippen LogP contribution >= 0.6 is 15.9 Å². The molecule has 0 saturated carbocycles. The highest BCUT2D eigenvalue weighted by Gasteiger charge is 2.21. The SMILES string of the molecule is Cc1nc2c(cnn2C(C)(C)C)c(=O)n1CCC(=O)Nc1ccc(Br)cc1F. The van der Waals surface area contributed by atoms with E-state index < -0.39 is 11.7 Å². The number of aromatic nitrogens is 4. The molecular weight excluding hydrogens is 429 g/mol. The second-order valence-corrected chi connectivity index (χ2v) is 8.42. The molecule has 0 unspecified atom stereocenters. The Kier molecular flexibility index (Phi) is 5.38. The number of halogens is 2. The van der Waals surface area contributed by atoms with Crippen LogP contribution in [0.3, 0.4) is 0 Å². The topological polar surface area (TPSA) is 81.8 Å². The van der Waals surface area contributed by atoms with Crippen molar-refractivity contribution in [1.82, 2.24) is 19.3 Å². The average molecular weight is 450 g/mol. The highest BCUT2D eigenvalue weighted by Crippen LogP contribution is 2.20. The van der Waals surface area contributed by atoms with Gasteiger partial charge in [-0.15, -0.1) is 0 Å². The van der Waals surface area contributed by atoms with Gasteiger partial charge >= 0.3 is 0 Å². The van der Waals surface area contributed by atoms with Gasteiger partial charge < -0.3 is 5.32 Å². The van der Waals surface area contributed by atoms with E-state index in [2.05, 4.69) is 31.3 Å². The van der Waals surface area contributed by atoms with Gasteiger partial charge in [-0.05, 0) is 45.9 Å². The molecule has 0 radical (unpaired) electrons. The Hall–Kier alpha value is -2.55. The van der Waals surface area contributed by atoms with Crippen LogP contribution in [0.5, 0.6) is 0 Å². The molecule has 0 aliphatic rings. The summed E-state index contributed by atoms with van der Waals surface area (Å²) in [6, 6.07) is 4.39. The Balaban J connectivity index is 1.81. The van der Waals surface area contributed by atoms with Crippen LogP contribution < -0.4 is 10.9 Å². The van der Waals surface area contributed by atoms with Crippen LogP contribution in [0.4, 0.5) is 10.1 Å². The normalized spacial score (nSPS) is 11.8. The number of carbonyl (C=O) groups excluding carboxylic acids is 1. The third kappa shape index (κ3) is 3.99. The molecule has 0 spiro atoms. The molecule has 9 heteroatoms. The van der Waals surface area contributed by atoms with E-state index in [1.807, 2.05) is 20.8 Å². The smallest absolute Gasteiger partial charge is 0.264 e. The van der Waals surface area contributed by atoms with Crippen molar-refractivity contribution in [3.05, 3.63) is 50.9 Å². The first-order chi connectivity index (χ1) is 13.1. The van der Waals surface area contributed by atoms with Crippen LogP contribution in [0.2, 0.25) is 0 Å². The monoisotopic (exact) mass is 449 g/mol. The standard InChI is InChI=1S/C19H21BrFN5O2/c1-11-23-17-13(10-22-26(17)19(2,3)4)18(28)25(11)8-7-16(27)24-15-6-5-12(20)9-14(15)21/h5-6,9-10H,7-8H2,1-4H3,(H,24,27). The summed E-state index contributed by atoms with van der Waals surface area (Å²) < 4.78 is 17.6. The molecule has 2 heterocycles. The fourth-order valence-electron chi connectivity index (χ4n) is 2.88. The number of fused-ring (bicyclic) bond motifs is 1. The summed E-state index contributed by atoms with van der Waals surface area (Å²) >= 11 is 3.17. The van der Waals surface area contributed by atoms with E-state index in [1.165, 1.54) is 22.9 Å². The number of nitrogens with one attached hydrogen (secondary N) is 1. The first-order valence-electron chi connectivity index (χ1n) is 8.78. The molecule has 0 aliphatic heterocycles. The lowest BCUT2D eigenvalue weighted by Crippen LogP contribution is -2.28. The summed E-state index contributed by atoms with van der Waals surface area (Å²) in [6.07, 6.45) is 1.51. The predicted molar refractivity (Wildman–Crippen MR) is 109 cm³/mol. The first-order valence-corrected chi connectivity index (χ1v) is 9.58. The molecule has 1 N–H and O–H groups in total. The van der Waals surface area contributed by atoms with Crippen molar-refractivity contribution in [3.63, 3.8) is 0 Å². The predicted octanol–water partition coefficient (Wildman–Crippen LogP) is 3.59. The molecule has 0 atom stereocenters. The molecule has 0 bridgehead atoms. The zero-order valence-electron chi connectivity index (χ0n) is 16.1. The van der Waals surface area contributed by atoms with Crippen molar-refractivity contribution < 1.29 is 9.18 Å². The number of hydrogen-bond acceptors (Lipinski definition) is 4. The average Bonchev–Trinajstić information content (AvgIpc) is 3.01. The maximum absolute atomic E-state index is 13.9. The van der Waals surface area contributed by atoms with Gasteiger partial charge in [-0.2, -0.15) is 5.10 Å². The zero-order chi connectivity index (χ0) is 20.6. The van der Waals surface area contributed by atoms with Crippen molar-refractivity contribution in [1.29, 1.82) is 0 Å². The Labute approximate surface area is 169 Å². The third-order valence-electron chi connectivity index (χ3n) is 4.28. The van der Waals surface area contributed by atoms with Crippen LogP contribution in [-0.2, 0) is 16.9 Å². The van der Waals surface area contributed by atoms with E-state index in [1.54, 1.807) is 17.7 Å². The van der Waals surface area contributed by atoms with Crippen molar-refractivity contribution >= 4 is 38.6 Å². The first kappa shape index (κ1) is 20.2. The molecule has 1 aromatic carbocycles. The van der Waals surface area contributed by atoms with Gasteiger partial charge in [0, 0.05) is 17.4 Å². The summed E-state index contributed by atoms with van der Waals surface area (Å²) in [7, 11) is 0. The van der Waals surface area contributed by atoms with Gasteiger partial charge in [0.1, 0.15) is 17.0 Å². The van der Waals surface area contributed by atoms with Gasteiger partial charge in [0.2, 0.25) is 5.91 Å². The molecule has 1 amide bonds. The molecule has 0 fully saturated rings. The quantitative estimate of drug-likeness (QED) is 0.659. The van der Waals surface area contributed by atoms with E-state index in [4.69, 9.17) is 0 Å². The van der Waals surface area contributed by atoms with Crippen molar-refractivity contribution in [2.24, 2.45) is 0 Å². The minimum absolute atomic E-state index is 0.0108. The van der Waals surface area contributed by atoms with Crippen LogP contribution in [0.1, 0.15) is 33.0 Å². The van der Waals surface area contributed by atoms with E-state index in [9.17, 15) is 14.0 Å². The Morgan fingerprint density at radius 1 is 1.32 bits per heavy atom. The maximum Gasteiger partial charge on any atom is 0.264 e. The lowest BCUT2D eigenvalue weighted by Gasteiger charge is -2.20. The Morgan fingerprint density at radius 2 is 2.04 bits per heavy atom. The van der Waals surface area contributed by atoms with Gasteiger partial charge in [-0.25, -0.2) is 14.1 Å². The summed E-state index contributed by atoms with van der Waals surface area (Å²) in [5.41, 5.74) is 0.0552. The number of benzene rings is 1. The Morgan fingerprint density at radius 3 is 2.68 bits per heavy atom. The summed E-state index contributed by atoms with van der Waals surface area (Å²) in [5.74, 6) is -0.433. The fourth-order valence-corrected chi connectivity index (χ4v) is 3.21. The van der Waals surface area contributed by atoms with E-state index in [-0.39, 0.29) is 29.8 Å². The molecular formula is C19H21BrFN5O2. The number of hydrogen-bond donors (Lipinski definition) is 1. The second kappa shape index (κ2) is 7.46. The summed E-state index contributed by atoms with van der Waals surface area (Å²) in [4.78, 5) is 29.5. The molecule has 2 aromatic heterocycles. The van der Waals surface area contributed by atoms with E-state index in [0.717, 1.165) is 0 Å². The molecule has 148 valence electrons. The number of carbonyl (C=O) groups is 1. The molecule has 3 rings (SSSR count). The van der Waals surface area contributed by atoms with Gasteiger partial charge in [-0.1, -0.05) is 15.9 Å². The van der Waals surface area contributed by atoms with Crippen LogP contribution in [0.15, 0.2) is 33.7 Å². The number of nitrogens with zero attached hydrogens (tertiary/aromatic N) is 4. The summed E-state index contributed by atoms with van der Waals surface area (Å²) in [6.45, 7) is 7.79.